The van der Waals surface area contributed by atoms with E-state index in [2.05, 4.69) is 4.74 Å². The van der Waals surface area contributed by atoms with Gasteiger partial charge in [-0.15, -0.1) is 0 Å². The number of nitrogens with zero attached hydrogens (tertiary/aromatic N) is 1. The van der Waals surface area contributed by atoms with Gasteiger partial charge in [0.1, 0.15) is 4.90 Å². The van der Waals surface area contributed by atoms with Crippen LogP contribution in [0.15, 0.2) is 29.3 Å². The van der Waals surface area contributed by atoms with Crippen molar-refractivity contribution in [1.29, 1.82) is 0 Å². The topological polar surface area (TPSA) is 63.7 Å². The molecule has 0 saturated carbocycles. The van der Waals surface area contributed by atoms with Gasteiger partial charge in [-0.25, -0.2) is 13.2 Å². The minimum absolute atomic E-state index is 0.0133. The number of hydrogen-bond acceptors (Lipinski definition) is 4. The fourth-order valence-electron chi connectivity index (χ4n) is 1.95. The number of sulfonamides is 1. The number of allylic oxidation sites excluding steroid dienone is 1. The number of esters is 1. The van der Waals surface area contributed by atoms with E-state index in [1.54, 1.807) is 19.1 Å². The fraction of sp³-hybridized carbons (Fsp3) is 0.250. The Morgan fingerprint density at radius 3 is 2.61 bits per heavy atom. The van der Waals surface area contributed by atoms with E-state index >= 15 is 0 Å². The van der Waals surface area contributed by atoms with Crippen LogP contribution >= 0.6 is 0 Å². The van der Waals surface area contributed by atoms with Crippen LogP contribution in [0.3, 0.4) is 0 Å². The van der Waals surface area contributed by atoms with E-state index in [4.69, 9.17) is 0 Å². The molecular weight excluding hydrogens is 254 g/mol. The number of fused-ring (bicyclic) bond motifs is 1. The minimum Gasteiger partial charge on any atom is -0.465 e. The average Bonchev–Trinajstić information content (AvgIpc) is 2.35. The molecular formula is C12H13NO4S. The molecule has 0 aliphatic carbocycles. The van der Waals surface area contributed by atoms with Crippen LogP contribution in [0.1, 0.15) is 22.8 Å². The van der Waals surface area contributed by atoms with E-state index in [0.29, 0.717) is 5.56 Å². The molecule has 0 unspecified atom stereocenters. The first kappa shape index (κ1) is 12.6. The molecule has 0 bridgehead atoms. The molecule has 0 aromatic heterocycles. The Kier molecular flexibility index (Phi) is 2.90. The SMILES string of the molecule is COC(=O)c1cccc2c1S(=O)(=O)N(C)C=C2C. The summed E-state index contributed by atoms with van der Waals surface area (Å²) in [5, 5.41) is 0. The van der Waals surface area contributed by atoms with Gasteiger partial charge in [-0.05, 0) is 18.6 Å². The molecule has 0 spiro atoms. The van der Waals surface area contributed by atoms with Crippen molar-refractivity contribution in [2.24, 2.45) is 0 Å². The number of carbonyl (C=O) groups excluding carboxylic acids is 1. The first-order valence-electron chi connectivity index (χ1n) is 5.27. The predicted octanol–water partition coefficient (Wildman–Crippen LogP) is 1.47. The van der Waals surface area contributed by atoms with Gasteiger partial charge >= 0.3 is 5.97 Å². The Hall–Kier alpha value is -1.82. The van der Waals surface area contributed by atoms with Crippen LogP contribution in [0.4, 0.5) is 0 Å². The lowest BCUT2D eigenvalue weighted by Crippen LogP contribution is -2.28. The molecule has 0 saturated heterocycles. The van der Waals surface area contributed by atoms with Crippen molar-refractivity contribution in [2.75, 3.05) is 14.2 Å². The van der Waals surface area contributed by atoms with Crippen LogP contribution in [0.25, 0.3) is 5.57 Å². The maximum atomic E-state index is 12.3. The summed E-state index contributed by atoms with van der Waals surface area (Å²) in [7, 11) is -1.02. The van der Waals surface area contributed by atoms with Gasteiger partial charge in [0.05, 0.1) is 12.7 Å². The summed E-state index contributed by atoms with van der Waals surface area (Å²) in [5.74, 6) is -0.654. The molecule has 0 atom stereocenters. The van der Waals surface area contributed by atoms with Crippen LogP contribution in [0.5, 0.6) is 0 Å². The van der Waals surface area contributed by atoms with Crippen LogP contribution in [0.2, 0.25) is 0 Å². The van der Waals surface area contributed by atoms with Crippen molar-refractivity contribution in [3.63, 3.8) is 0 Å². The van der Waals surface area contributed by atoms with Crippen LogP contribution in [-0.2, 0) is 14.8 Å². The Bertz CT molecular complexity index is 646. The van der Waals surface area contributed by atoms with Gasteiger partial charge in [0.15, 0.2) is 0 Å². The van der Waals surface area contributed by atoms with E-state index in [1.807, 2.05) is 0 Å². The zero-order chi connectivity index (χ0) is 13.5. The van der Waals surface area contributed by atoms with Crippen LogP contribution < -0.4 is 0 Å². The molecule has 2 rings (SSSR count). The van der Waals surface area contributed by atoms with Gasteiger partial charge in [-0.1, -0.05) is 12.1 Å². The Morgan fingerprint density at radius 2 is 2.00 bits per heavy atom. The highest BCUT2D eigenvalue weighted by molar-refractivity contribution is 7.89. The zero-order valence-electron chi connectivity index (χ0n) is 10.3. The maximum Gasteiger partial charge on any atom is 0.339 e. The van der Waals surface area contributed by atoms with Gasteiger partial charge < -0.3 is 4.74 Å². The summed E-state index contributed by atoms with van der Waals surface area (Å²) in [5.41, 5.74) is 1.39. The van der Waals surface area contributed by atoms with Crippen molar-refractivity contribution in [3.05, 3.63) is 35.5 Å². The summed E-state index contributed by atoms with van der Waals surface area (Å²) in [6.07, 6.45) is 1.53. The third kappa shape index (κ3) is 1.69. The second kappa shape index (κ2) is 4.13. The molecule has 1 aromatic rings. The number of carbonyl (C=O) groups is 1. The molecule has 1 aliphatic heterocycles. The van der Waals surface area contributed by atoms with Crippen LogP contribution in [-0.4, -0.2) is 32.8 Å². The summed E-state index contributed by atoms with van der Waals surface area (Å²) in [6, 6.07) is 4.77. The molecule has 6 heteroatoms. The standard InChI is InChI=1S/C12H13NO4S/c1-8-7-13(2)18(15,16)11-9(8)5-4-6-10(11)12(14)17-3/h4-7H,1-3H3. The predicted molar refractivity (Wildman–Crippen MR) is 66.4 cm³/mol. The highest BCUT2D eigenvalue weighted by atomic mass is 32.2. The average molecular weight is 267 g/mol. The lowest BCUT2D eigenvalue weighted by atomic mass is 10.0. The van der Waals surface area contributed by atoms with E-state index < -0.39 is 16.0 Å². The third-order valence-electron chi connectivity index (χ3n) is 2.86. The number of ether oxygens (including phenoxy) is 1. The Balaban J connectivity index is 2.83. The molecule has 5 nitrogen and oxygen atoms in total. The highest BCUT2D eigenvalue weighted by Gasteiger charge is 2.32. The second-order valence-electron chi connectivity index (χ2n) is 4.01. The summed E-state index contributed by atoms with van der Waals surface area (Å²) in [6.45, 7) is 1.80. The molecule has 1 aromatic carbocycles. The largest absolute Gasteiger partial charge is 0.465 e. The van der Waals surface area contributed by atoms with Crippen molar-refractivity contribution in [2.45, 2.75) is 11.8 Å². The first-order valence-corrected chi connectivity index (χ1v) is 6.71. The van der Waals surface area contributed by atoms with Gasteiger partial charge in [0.25, 0.3) is 10.0 Å². The van der Waals surface area contributed by atoms with E-state index in [9.17, 15) is 13.2 Å². The zero-order valence-corrected chi connectivity index (χ0v) is 11.1. The Labute approximate surface area is 106 Å². The van der Waals surface area contributed by atoms with E-state index in [0.717, 1.165) is 9.88 Å². The smallest absolute Gasteiger partial charge is 0.339 e. The van der Waals surface area contributed by atoms with Crippen molar-refractivity contribution in [1.82, 2.24) is 4.31 Å². The van der Waals surface area contributed by atoms with Crippen molar-refractivity contribution in [3.8, 4) is 0 Å². The number of hydrogen-bond donors (Lipinski definition) is 0. The summed E-state index contributed by atoms with van der Waals surface area (Å²) in [4.78, 5) is 11.7. The first-order chi connectivity index (χ1) is 8.39. The lowest BCUT2D eigenvalue weighted by Gasteiger charge is -2.25. The molecule has 0 radical (unpaired) electrons. The molecule has 0 amide bonds. The summed E-state index contributed by atoms with van der Waals surface area (Å²) < 4.78 is 30.3. The number of benzene rings is 1. The third-order valence-corrected chi connectivity index (χ3v) is 4.68. The molecule has 1 heterocycles. The molecule has 18 heavy (non-hydrogen) atoms. The van der Waals surface area contributed by atoms with Gasteiger partial charge in [-0.2, -0.15) is 0 Å². The second-order valence-corrected chi connectivity index (χ2v) is 5.94. The van der Waals surface area contributed by atoms with Gasteiger partial charge in [0, 0.05) is 18.8 Å². The minimum atomic E-state index is -3.68. The quantitative estimate of drug-likeness (QED) is 0.723. The van der Waals surface area contributed by atoms with E-state index in [1.165, 1.54) is 26.4 Å². The molecule has 1 aliphatic rings. The molecule has 96 valence electrons. The normalized spacial score (nSPS) is 16.8. The molecule has 0 N–H and O–H groups in total. The maximum absolute atomic E-state index is 12.3. The van der Waals surface area contributed by atoms with Gasteiger partial charge in [-0.3, -0.25) is 4.31 Å². The van der Waals surface area contributed by atoms with Crippen molar-refractivity contribution >= 4 is 21.6 Å². The monoisotopic (exact) mass is 267 g/mol. The summed E-state index contributed by atoms with van der Waals surface area (Å²) >= 11 is 0. The molecule has 0 fully saturated rings. The lowest BCUT2D eigenvalue weighted by molar-refractivity contribution is 0.0596. The highest BCUT2D eigenvalue weighted by Crippen LogP contribution is 2.33. The van der Waals surface area contributed by atoms with Gasteiger partial charge in [0.2, 0.25) is 0 Å². The Morgan fingerprint density at radius 1 is 1.33 bits per heavy atom. The number of rotatable bonds is 1. The van der Waals surface area contributed by atoms with E-state index in [-0.39, 0.29) is 10.5 Å². The van der Waals surface area contributed by atoms with Crippen LogP contribution in [0, 0.1) is 0 Å². The fourth-order valence-corrected chi connectivity index (χ4v) is 3.47. The van der Waals surface area contributed by atoms with Crippen molar-refractivity contribution < 1.29 is 17.9 Å². The number of methoxy groups -OCH3 is 1.